The van der Waals surface area contributed by atoms with E-state index in [0.29, 0.717) is 18.7 Å². The molecule has 0 spiro atoms. The van der Waals surface area contributed by atoms with Gasteiger partial charge in [0.05, 0.1) is 22.6 Å². The molecule has 6 nitrogen and oxygen atoms in total. The molecule has 32 heavy (non-hydrogen) atoms. The topological polar surface area (TPSA) is 79.6 Å². The first-order valence-corrected chi connectivity index (χ1v) is 13.1. The minimum atomic E-state index is -3.89. The molecule has 0 saturated carbocycles. The van der Waals surface area contributed by atoms with Gasteiger partial charge in [-0.1, -0.05) is 43.3 Å². The van der Waals surface area contributed by atoms with Gasteiger partial charge in [-0.25, -0.2) is 8.42 Å². The Kier molecular flexibility index (Phi) is 8.81. The quantitative estimate of drug-likeness (QED) is 0.393. The van der Waals surface area contributed by atoms with Crippen LogP contribution in [0.25, 0.3) is 0 Å². The molecular weight excluding hydrogens is 444 g/mol. The van der Waals surface area contributed by atoms with Crippen molar-refractivity contribution in [2.24, 2.45) is 0 Å². The fourth-order valence-corrected chi connectivity index (χ4v) is 5.57. The van der Waals surface area contributed by atoms with E-state index in [9.17, 15) is 13.2 Å². The lowest BCUT2D eigenvalue weighted by molar-refractivity contribution is -0.119. The van der Waals surface area contributed by atoms with Crippen LogP contribution in [0.3, 0.4) is 0 Å². The predicted octanol–water partition coefficient (Wildman–Crippen LogP) is 4.48. The van der Waals surface area contributed by atoms with E-state index in [4.69, 9.17) is 4.42 Å². The van der Waals surface area contributed by atoms with Gasteiger partial charge in [0.25, 0.3) is 10.0 Å². The fraction of sp³-hybridized carbons (Fsp3) is 0.292. The van der Waals surface area contributed by atoms with Gasteiger partial charge in [0.15, 0.2) is 0 Å². The van der Waals surface area contributed by atoms with Gasteiger partial charge in [-0.2, -0.15) is 11.8 Å². The number of carbonyl (C=O) groups is 1. The number of thioether (sulfide) groups is 1. The van der Waals surface area contributed by atoms with Crippen molar-refractivity contribution in [3.63, 3.8) is 0 Å². The number of anilines is 1. The fourth-order valence-electron chi connectivity index (χ4n) is 3.23. The zero-order chi connectivity index (χ0) is 22.8. The van der Waals surface area contributed by atoms with E-state index < -0.39 is 10.0 Å². The lowest BCUT2D eigenvalue weighted by Gasteiger charge is -2.26. The Morgan fingerprint density at radius 1 is 1.03 bits per heavy atom. The van der Waals surface area contributed by atoms with Crippen LogP contribution >= 0.6 is 11.8 Å². The van der Waals surface area contributed by atoms with Crippen molar-refractivity contribution >= 4 is 33.4 Å². The van der Waals surface area contributed by atoms with Gasteiger partial charge in [-0.3, -0.25) is 9.10 Å². The van der Waals surface area contributed by atoms with E-state index in [1.54, 1.807) is 60.5 Å². The molecule has 1 aromatic heterocycles. The van der Waals surface area contributed by atoms with Crippen LogP contribution in [0, 0.1) is 0 Å². The molecular formula is C24H28N2O4S2. The van der Waals surface area contributed by atoms with Gasteiger partial charge in [-0.15, -0.1) is 0 Å². The number of rotatable bonds is 12. The van der Waals surface area contributed by atoms with Gasteiger partial charge in [-0.05, 0) is 54.5 Å². The summed E-state index contributed by atoms with van der Waals surface area (Å²) < 4.78 is 33.3. The molecule has 1 amide bonds. The summed E-state index contributed by atoms with van der Waals surface area (Å²) in [7, 11) is -3.89. The van der Waals surface area contributed by atoms with Crippen molar-refractivity contribution in [2.45, 2.75) is 30.4 Å². The molecule has 1 heterocycles. The number of amides is 1. The van der Waals surface area contributed by atoms with E-state index in [1.165, 1.54) is 4.31 Å². The molecule has 0 radical (unpaired) electrons. The summed E-state index contributed by atoms with van der Waals surface area (Å²) in [6, 6.07) is 19.3. The number of nitrogens with zero attached hydrogens (tertiary/aromatic N) is 1. The Morgan fingerprint density at radius 2 is 1.78 bits per heavy atom. The summed E-state index contributed by atoms with van der Waals surface area (Å²) >= 11 is 1.73. The second-order valence-electron chi connectivity index (χ2n) is 7.14. The Bertz CT molecular complexity index is 1080. The third kappa shape index (κ3) is 6.40. The zero-order valence-corrected chi connectivity index (χ0v) is 19.7. The lowest BCUT2D eigenvalue weighted by Crippen LogP contribution is -2.41. The van der Waals surface area contributed by atoms with Gasteiger partial charge in [0.2, 0.25) is 5.91 Å². The molecule has 8 heteroatoms. The summed E-state index contributed by atoms with van der Waals surface area (Å²) in [5.74, 6) is 2.26. The second kappa shape index (κ2) is 11.8. The van der Waals surface area contributed by atoms with Crippen molar-refractivity contribution in [3.8, 4) is 0 Å². The molecule has 1 N–H and O–H groups in total. The first kappa shape index (κ1) is 23.9. The average molecular weight is 473 g/mol. The molecule has 0 fully saturated rings. The molecule has 0 atom stereocenters. The maximum atomic E-state index is 13.4. The smallest absolute Gasteiger partial charge is 0.264 e. The normalized spacial score (nSPS) is 11.3. The lowest BCUT2D eigenvalue weighted by atomic mass is 10.1. The first-order chi connectivity index (χ1) is 15.5. The van der Waals surface area contributed by atoms with Crippen molar-refractivity contribution in [1.82, 2.24) is 5.32 Å². The van der Waals surface area contributed by atoms with Crippen LogP contribution < -0.4 is 9.62 Å². The van der Waals surface area contributed by atoms with Gasteiger partial charge >= 0.3 is 0 Å². The molecule has 0 aliphatic rings. The van der Waals surface area contributed by atoms with Crippen molar-refractivity contribution in [2.75, 3.05) is 23.1 Å². The molecule has 0 saturated heterocycles. The third-order valence-electron chi connectivity index (χ3n) is 4.87. The minimum absolute atomic E-state index is 0.160. The third-order valence-corrected chi connectivity index (χ3v) is 7.71. The van der Waals surface area contributed by atoms with Crippen LogP contribution in [0.15, 0.2) is 82.3 Å². The molecule has 0 bridgehead atoms. The number of sulfonamides is 1. The van der Waals surface area contributed by atoms with E-state index in [0.717, 1.165) is 29.3 Å². The van der Waals surface area contributed by atoms with Crippen LogP contribution in [0.1, 0.15) is 24.7 Å². The van der Waals surface area contributed by atoms with E-state index in [2.05, 4.69) is 5.32 Å². The molecule has 0 aliphatic carbocycles. The molecule has 170 valence electrons. The van der Waals surface area contributed by atoms with Crippen molar-refractivity contribution in [3.05, 3.63) is 84.3 Å². The summed E-state index contributed by atoms with van der Waals surface area (Å²) in [5.41, 5.74) is 1.40. The number of carbonyl (C=O) groups excluding carboxylic acids is 1. The van der Waals surface area contributed by atoms with Crippen LogP contribution in [0.4, 0.5) is 5.69 Å². The summed E-state index contributed by atoms with van der Waals surface area (Å²) in [5, 5.41) is 2.86. The number of hydrogen-bond donors (Lipinski definition) is 1. The number of benzene rings is 2. The zero-order valence-electron chi connectivity index (χ0n) is 18.1. The van der Waals surface area contributed by atoms with Crippen molar-refractivity contribution in [1.29, 1.82) is 0 Å². The Balaban J connectivity index is 1.64. The predicted molar refractivity (Wildman–Crippen MR) is 129 cm³/mol. The minimum Gasteiger partial charge on any atom is -0.468 e. The van der Waals surface area contributed by atoms with Gasteiger partial charge in [0, 0.05) is 6.54 Å². The molecule has 2 aromatic carbocycles. The van der Waals surface area contributed by atoms with E-state index in [1.807, 2.05) is 31.2 Å². The molecule has 3 rings (SSSR count). The Labute approximate surface area is 194 Å². The molecule has 0 aliphatic heterocycles. The second-order valence-corrected chi connectivity index (χ2v) is 10.1. The van der Waals surface area contributed by atoms with Gasteiger partial charge in [0.1, 0.15) is 12.3 Å². The maximum Gasteiger partial charge on any atom is 0.264 e. The van der Waals surface area contributed by atoms with Crippen LogP contribution in [0.2, 0.25) is 0 Å². The Hall–Kier alpha value is -2.71. The number of aryl methyl sites for hydroxylation is 1. The summed E-state index contributed by atoms with van der Waals surface area (Å²) in [6.07, 6.45) is 3.10. The standard InChI is InChI=1S/C24H28N2O4S2/c1-2-20-10-6-7-14-23(20)26(32(28,29)22-12-4-3-5-13-22)18-24(27)25-15-9-17-31-19-21-11-8-16-30-21/h3-8,10-14,16H,2,9,15,17-19H2,1H3,(H,25,27). The van der Waals surface area contributed by atoms with Crippen molar-refractivity contribution < 1.29 is 17.6 Å². The largest absolute Gasteiger partial charge is 0.468 e. The van der Waals surface area contributed by atoms with Gasteiger partial charge < -0.3 is 9.73 Å². The molecule has 0 unspecified atom stereocenters. The number of hydrogen-bond acceptors (Lipinski definition) is 5. The molecule has 3 aromatic rings. The highest BCUT2D eigenvalue weighted by Crippen LogP contribution is 2.27. The highest BCUT2D eigenvalue weighted by atomic mass is 32.2. The summed E-state index contributed by atoms with van der Waals surface area (Å²) in [4.78, 5) is 12.8. The van der Waals surface area contributed by atoms with E-state index in [-0.39, 0.29) is 17.3 Å². The number of furan rings is 1. The average Bonchev–Trinajstić information content (AvgIpc) is 3.34. The highest BCUT2D eigenvalue weighted by molar-refractivity contribution is 7.98. The number of para-hydroxylation sites is 1. The highest BCUT2D eigenvalue weighted by Gasteiger charge is 2.28. The van der Waals surface area contributed by atoms with Crippen LogP contribution in [-0.2, 0) is 27.0 Å². The number of nitrogens with one attached hydrogen (secondary N) is 1. The first-order valence-electron chi connectivity index (χ1n) is 10.5. The van der Waals surface area contributed by atoms with Crippen LogP contribution in [-0.4, -0.2) is 33.2 Å². The monoisotopic (exact) mass is 472 g/mol. The van der Waals surface area contributed by atoms with E-state index >= 15 is 0 Å². The summed E-state index contributed by atoms with van der Waals surface area (Å²) in [6.45, 7) is 2.18. The van der Waals surface area contributed by atoms with Crippen LogP contribution in [0.5, 0.6) is 0 Å². The SMILES string of the molecule is CCc1ccccc1N(CC(=O)NCCCSCc1ccco1)S(=O)(=O)c1ccccc1. The Morgan fingerprint density at radius 3 is 2.50 bits per heavy atom. The maximum absolute atomic E-state index is 13.4.